The number of rotatable bonds is 5. The second kappa shape index (κ2) is 8.25. The van der Waals surface area contributed by atoms with Gasteiger partial charge in [-0.25, -0.2) is 0 Å². The van der Waals surface area contributed by atoms with Gasteiger partial charge in [0.15, 0.2) is 11.5 Å². The zero-order chi connectivity index (χ0) is 19.6. The molecule has 0 atom stereocenters. The number of imide groups is 1. The van der Waals surface area contributed by atoms with Crippen LogP contribution in [0.15, 0.2) is 41.3 Å². The third-order valence-corrected chi connectivity index (χ3v) is 5.56. The molecule has 0 N–H and O–H groups in total. The highest BCUT2D eigenvalue weighted by molar-refractivity contribution is 8.18. The van der Waals surface area contributed by atoms with E-state index in [9.17, 15) is 9.59 Å². The van der Waals surface area contributed by atoms with Crippen molar-refractivity contribution in [2.75, 3.05) is 14.2 Å². The average Bonchev–Trinajstić information content (AvgIpc) is 2.91. The predicted molar refractivity (Wildman–Crippen MR) is 108 cm³/mol. The molecule has 2 aromatic carbocycles. The summed E-state index contributed by atoms with van der Waals surface area (Å²) in [6.07, 6.45) is 1.63. The number of ether oxygens (including phenoxy) is 2. The van der Waals surface area contributed by atoms with E-state index >= 15 is 0 Å². The third-order valence-electron chi connectivity index (χ3n) is 3.92. The molecule has 0 radical (unpaired) electrons. The third kappa shape index (κ3) is 4.08. The zero-order valence-electron chi connectivity index (χ0n) is 14.5. The largest absolute Gasteiger partial charge is 0.493 e. The van der Waals surface area contributed by atoms with Crippen LogP contribution < -0.4 is 9.47 Å². The van der Waals surface area contributed by atoms with Crippen molar-refractivity contribution in [2.45, 2.75) is 6.54 Å². The Morgan fingerprint density at radius 1 is 1.07 bits per heavy atom. The fourth-order valence-corrected chi connectivity index (χ4v) is 3.77. The van der Waals surface area contributed by atoms with Gasteiger partial charge in [-0.2, -0.15) is 0 Å². The van der Waals surface area contributed by atoms with Crippen LogP contribution in [-0.4, -0.2) is 30.3 Å². The van der Waals surface area contributed by atoms with E-state index in [-0.39, 0.29) is 17.7 Å². The number of amides is 2. The van der Waals surface area contributed by atoms with Crippen molar-refractivity contribution in [3.05, 3.63) is 62.5 Å². The molecule has 1 aliphatic heterocycles. The van der Waals surface area contributed by atoms with E-state index in [0.717, 1.165) is 11.8 Å². The molecule has 0 aliphatic carbocycles. The van der Waals surface area contributed by atoms with Crippen LogP contribution in [0.25, 0.3) is 6.08 Å². The fourth-order valence-electron chi connectivity index (χ4n) is 2.62. The Labute approximate surface area is 170 Å². The van der Waals surface area contributed by atoms with Crippen molar-refractivity contribution in [3.63, 3.8) is 0 Å². The van der Waals surface area contributed by atoms with Crippen LogP contribution in [0.3, 0.4) is 0 Å². The van der Waals surface area contributed by atoms with Crippen molar-refractivity contribution in [1.29, 1.82) is 0 Å². The summed E-state index contributed by atoms with van der Waals surface area (Å²) in [7, 11) is 3.05. The first-order valence-corrected chi connectivity index (χ1v) is 9.42. The Bertz CT molecular complexity index is 945. The Hall–Kier alpha value is -2.15. The number of halogens is 2. The van der Waals surface area contributed by atoms with E-state index < -0.39 is 0 Å². The molecule has 1 saturated heterocycles. The molecule has 27 heavy (non-hydrogen) atoms. The van der Waals surface area contributed by atoms with E-state index in [1.54, 1.807) is 42.5 Å². The number of hydrogen-bond acceptors (Lipinski definition) is 5. The SMILES string of the molecule is COc1cccc(/C=C2\SC(=O)N(Cc3ccc(Cl)c(Cl)c3)C2=O)c1OC. The van der Waals surface area contributed by atoms with Gasteiger partial charge < -0.3 is 9.47 Å². The molecule has 0 spiro atoms. The van der Waals surface area contributed by atoms with Gasteiger partial charge in [0.1, 0.15) is 0 Å². The molecule has 140 valence electrons. The molecule has 0 saturated carbocycles. The minimum absolute atomic E-state index is 0.119. The first-order valence-electron chi connectivity index (χ1n) is 7.85. The van der Waals surface area contributed by atoms with Gasteiger partial charge in [0.25, 0.3) is 11.1 Å². The molecule has 0 aromatic heterocycles. The van der Waals surface area contributed by atoms with Crippen molar-refractivity contribution in [2.24, 2.45) is 0 Å². The number of carbonyl (C=O) groups excluding carboxylic acids is 2. The van der Waals surface area contributed by atoms with E-state index in [1.807, 2.05) is 0 Å². The van der Waals surface area contributed by atoms with Crippen LogP contribution in [0, 0.1) is 0 Å². The van der Waals surface area contributed by atoms with Crippen LogP contribution >= 0.6 is 35.0 Å². The van der Waals surface area contributed by atoms with Gasteiger partial charge >= 0.3 is 0 Å². The number of methoxy groups -OCH3 is 2. The van der Waals surface area contributed by atoms with Crippen LogP contribution in [0.5, 0.6) is 11.5 Å². The highest BCUT2D eigenvalue weighted by Crippen LogP contribution is 2.37. The van der Waals surface area contributed by atoms with E-state index in [0.29, 0.717) is 37.6 Å². The van der Waals surface area contributed by atoms with Gasteiger partial charge in [-0.15, -0.1) is 0 Å². The van der Waals surface area contributed by atoms with E-state index in [1.165, 1.54) is 19.1 Å². The van der Waals surface area contributed by atoms with Crippen molar-refractivity contribution < 1.29 is 19.1 Å². The van der Waals surface area contributed by atoms with Crippen LogP contribution in [0.4, 0.5) is 4.79 Å². The molecule has 2 aromatic rings. The van der Waals surface area contributed by atoms with E-state index in [2.05, 4.69) is 0 Å². The summed E-state index contributed by atoms with van der Waals surface area (Å²) < 4.78 is 10.6. The zero-order valence-corrected chi connectivity index (χ0v) is 16.8. The Morgan fingerprint density at radius 3 is 2.52 bits per heavy atom. The second-order valence-corrected chi connectivity index (χ2v) is 7.41. The van der Waals surface area contributed by atoms with Gasteiger partial charge in [0, 0.05) is 5.56 Å². The number of hydrogen-bond donors (Lipinski definition) is 0. The van der Waals surface area contributed by atoms with Crippen LogP contribution in [-0.2, 0) is 11.3 Å². The first kappa shape index (κ1) is 19.6. The minimum Gasteiger partial charge on any atom is -0.493 e. The number of thioether (sulfide) groups is 1. The monoisotopic (exact) mass is 423 g/mol. The predicted octanol–water partition coefficient (Wildman–Crippen LogP) is 5.25. The summed E-state index contributed by atoms with van der Waals surface area (Å²) in [6.45, 7) is 0.119. The summed E-state index contributed by atoms with van der Waals surface area (Å²) >= 11 is 12.8. The quantitative estimate of drug-likeness (QED) is 0.614. The molecule has 2 amide bonds. The maximum Gasteiger partial charge on any atom is 0.293 e. The topological polar surface area (TPSA) is 55.8 Å². The fraction of sp³-hybridized carbons (Fsp3) is 0.158. The smallest absolute Gasteiger partial charge is 0.293 e. The highest BCUT2D eigenvalue weighted by atomic mass is 35.5. The van der Waals surface area contributed by atoms with Gasteiger partial charge in [-0.05, 0) is 41.6 Å². The van der Waals surface area contributed by atoms with Crippen LogP contribution in [0.1, 0.15) is 11.1 Å². The lowest BCUT2D eigenvalue weighted by Crippen LogP contribution is -2.27. The number of nitrogens with zero attached hydrogens (tertiary/aromatic N) is 1. The normalized spacial score (nSPS) is 15.6. The van der Waals surface area contributed by atoms with Crippen molar-refractivity contribution in [1.82, 2.24) is 4.90 Å². The molecule has 1 aliphatic rings. The van der Waals surface area contributed by atoms with Crippen molar-refractivity contribution >= 4 is 52.2 Å². The molecule has 0 unspecified atom stereocenters. The molecule has 5 nitrogen and oxygen atoms in total. The summed E-state index contributed by atoms with van der Waals surface area (Å²) in [5, 5.41) is 0.441. The molecule has 1 heterocycles. The molecule has 8 heteroatoms. The second-order valence-electron chi connectivity index (χ2n) is 5.60. The van der Waals surface area contributed by atoms with Gasteiger partial charge in [-0.3, -0.25) is 14.5 Å². The first-order chi connectivity index (χ1) is 12.9. The van der Waals surface area contributed by atoms with Gasteiger partial charge in [0.2, 0.25) is 0 Å². The lowest BCUT2D eigenvalue weighted by atomic mass is 10.1. The average molecular weight is 424 g/mol. The van der Waals surface area contributed by atoms with Crippen LogP contribution in [0.2, 0.25) is 10.0 Å². The summed E-state index contributed by atoms with van der Waals surface area (Å²) in [6, 6.07) is 10.3. The number of para-hydroxylation sites is 1. The lowest BCUT2D eigenvalue weighted by Gasteiger charge is -2.13. The summed E-state index contributed by atoms with van der Waals surface area (Å²) in [5.74, 6) is 0.665. The van der Waals surface area contributed by atoms with Gasteiger partial charge in [-0.1, -0.05) is 41.4 Å². The Balaban J connectivity index is 1.88. The van der Waals surface area contributed by atoms with E-state index in [4.69, 9.17) is 32.7 Å². The molecule has 3 rings (SSSR count). The lowest BCUT2D eigenvalue weighted by molar-refractivity contribution is -0.123. The standard InChI is InChI=1S/C19H15Cl2NO4S/c1-25-15-5-3-4-12(17(15)26-2)9-16-18(23)22(19(24)27-16)10-11-6-7-13(20)14(21)8-11/h3-9H,10H2,1-2H3/b16-9-. The summed E-state index contributed by atoms with van der Waals surface area (Å²) in [4.78, 5) is 26.5. The molecule has 0 bridgehead atoms. The Kier molecular flexibility index (Phi) is 5.99. The molecular formula is C19H15Cl2NO4S. The molecule has 1 fully saturated rings. The summed E-state index contributed by atoms with van der Waals surface area (Å²) in [5.41, 5.74) is 1.36. The number of carbonyl (C=O) groups is 2. The van der Waals surface area contributed by atoms with Gasteiger partial charge in [0.05, 0.1) is 35.7 Å². The highest BCUT2D eigenvalue weighted by Gasteiger charge is 2.35. The minimum atomic E-state index is -0.374. The molecular weight excluding hydrogens is 409 g/mol. The maximum absolute atomic E-state index is 12.7. The van der Waals surface area contributed by atoms with Crippen molar-refractivity contribution in [3.8, 4) is 11.5 Å². The number of benzene rings is 2. The Morgan fingerprint density at radius 2 is 1.85 bits per heavy atom. The maximum atomic E-state index is 12.7.